The molecule has 2 aliphatic heterocycles. The molecule has 0 bridgehead atoms. The highest BCUT2D eigenvalue weighted by Crippen LogP contribution is 2.59. The molecule has 3 aliphatic rings. The van der Waals surface area contributed by atoms with Crippen molar-refractivity contribution in [3.8, 4) is 51.0 Å². The van der Waals surface area contributed by atoms with Crippen LogP contribution in [0.15, 0.2) is 170 Å². The lowest BCUT2D eigenvalue weighted by atomic mass is 9.33. The summed E-state index contributed by atoms with van der Waals surface area (Å²) in [5.41, 5.74) is 20.1. The Bertz CT molecular complexity index is 3870. The molecule has 78 heavy (non-hydrogen) atoms. The summed E-state index contributed by atoms with van der Waals surface area (Å²) in [6.07, 6.45) is 0. The fourth-order valence-corrected chi connectivity index (χ4v) is 12.2. The molecule has 5 N–H and O–H groups in total. The van der Waals surface area contributed by atoms with Gasteiger partial charge in [0.2, 0.25) is 17.2 Å². The van der Waals surface area contributed by atoms with Crippen LogP contribution in [0.1, 0.15) is 104 Å². The van der Waals surface area contributed by atoms with Crippen molar-refractivity contribution in [2.75, 3.05) is 14.7 Å². The largest absolute Gasteiger partial charge is 0.503 e. The number of hydrogen-bond donors (Lipinski definition) is 5. The molecule has 9 heteroatoms. The Hall–Kier alpha value is -8.56. The second-order valence-corrected chi connectivity index (χ2v) is 25.1. The molecule has 390 valence electrons. The minimum absolute atomic E-state index is 0.107. The van der Waals surface area contributed by atoms with Crippen molar-refractivity contribution >= 4 is 74.3 Å². The molecule has 2 heterocycles. The van der Waals surface area contributed by atoms with Crippen molar-refractivity contribution in [1.29, 1.82) is 0 Å². The lowest BCUT2D eigenvalue weighted by Crippen LogP contribution is -2.61. The molecule has 0 atom stereocenters. The number of fused-ring (bicyclic) bond motifs is 7. The molecular weight excluding hydrogens is 962 g/mol. The second-order valence-electron chi connectivity index (χ2n) is 25.1. The van der Waals surface area contributed by atoms with Gasteiger partial charge in [-0.2, -0.15) is 0 Å². The summed E-state index contributed by atoms with van der Waals surface area (Å²) >= 11 is 0. The van der Waals surface area contributed by atoms with Gasteiger partial charge in [0.1, 0.15) is 5.69 Å². The van der Waals surface area contributed by atoms with Crippen molar-refractivity contribution < 1.29 is 25.5 Å². The average Bonchev–Trinajstić information content (AvgIpc) is 3.76. The molecule has 0 fully saturated rings. The van der Waals surface area contributed by atoms with E-state index < -0.39 is 28.7 Å². The number of hydrogen-bond acceptors (Lipinski definition) is 8. The van der Waals surface area contributed by atoms with Crippen molar-refractivity contribution in [2.45, 2.75) is 97.8 Å². The third-order valence-corrected chi connectivity index (χ3v) is 16.7. The minimum atomic E-state index is -1.03. The highest BCUT2D eigenvalue weighted by Gasteiger charge is 2.46. The summed E-state index contributed by atoms with van der Waals surface area (Å²) in [5, 5.41) is 56.7. The van der Waals surface area contributed by atoms with Crippen LogP contribution in [-0.4, -0.2) is 32.2 Å². The van der Waals surface area contributed by atoms with Crippen LogP contribution in [0.2, 0.25) is 0 Å². The maximum atomic E-state index is 11.8. The molecule has 12 rings (SSSR count). The Kier molecular flexibility index (Phi) is 11.3. The van der Waals surface area contributed by atoms with Crippen LogP contribution in [0.5, 0.6) is 28.7 Å². The van der Waals surface area contributed by atoms with Gasteiger partial charge in [0.25, 0.3) is 6.71 Å². The van der Waals surface area contributed by atoms with E-state index in [4.69, 9.17) is 0 Å². The van der Waals surface area contributed by atoms with Gasteiger partial charge in [0, 0.05) is 50.9 Å². The number of anilines is 9. The maximum Gasteiger partial charge on any atom is 0.252 e. The zero-order valence-corrected chi connectivity index (χ0v) is 46.3. The Balaban J connectivity index is 1.16. The maximum absolute atomic E-state index is 11.8. The Morgan fingerprint density at radius 3 is 1.55 bits per heavy atom. The molecule has 0 radical (unpaired) electrons. The number of phenols is 5. The molecule has 0 unspecified atom stereocenters. The fraction of sp³-hybridized carbons (Fsp3) is 0.217. The first kappa shape index (κ1) is 50.3. The van der Waals surface area contributed by atoms with Crippen molar-refractivity contribution in [2.24, 2.45) is 0 Å². The zero-order valence-electron chi connectivity index (χ0n) is 46.3. The number of phenolic OH excluding ortho intramolecular Hbond substituents is 5. The monoisotopic (exact) mass is 1030 g/mol. The molecule has 9 aromatic carbocycles. The molecule has 0 saturated heterocycles. The highest BCUT2D eigenvalue weighted by atomic mass is 16.4. The summed E-state index contributed by atoms with van der Waals surface area (Å²) in [6.45, 7) is 24.7. The van der Waals surface area contributed by atoms with Crippen molar-refractivity contribution in [3.05, 3.63) is 198 Å². The predicted molar refractivity (Wildman–Crippen MR) is 323 cm³/mol. The lowest BCUT2D eigenvalue weighted by molar-refractivity contribution is 0.329. The topological polar surface area (TPSA) is 111 Å². The van der Waals surface area contributed by atoms with Crippen LogP contribution in [0.3, 0.4) is 0 Å². The smallest absolute Gasteiger partial charge is 0.252 e. The van der Waals surface area contributed by atoms with E-state index in [-0.39, 0.29) is 34.1 Å². The zero-order chi connectivity index (χ0) is 55.1. The van der Waals surface area contributed by atoms with Crippen LogP contribution in [0.4, 0.5) is 51.2 Å². The van der Waals surface area contributed by atoms with E-state index in [0.717, 1.165) is 61.7 Å². The van der Waals surface area contributed by atoms with Crippen molar-refractivity contribution in [1.82, 2.24) is 0 Å². The normalized spacial score (nSPS) is 14.1. The molecule has 0 amide bonds. The predicted octanol–water partition coefficient (Wildman–Crippen LogP) is 15.6. The van der Waals surface area contributed by atoms with Crippen LogP contribution < -0.4 is 31.1 Å². The lowest BCUT2D eigenvalue weighted by Gasteiger charge is -2.46. The standard InChI is InChI=1S/C69H66BN3O5/c1-66(2,3)42-23-28-46(29-24-42)72-56-39-48(71(60-61(74)63(76)65(78)64(77)62(60)75)45-26-21-41(22-27-45)40-17-13-12-14-18-40)31-33-53(56)70-54-35-43(67(4,5)6)25-34-55(54)73(58-37-44(68(7,8)9)36-57(72)59(58)70)47-30-32-50-49-19-15-16-20-51(49)69(10,11)52(50)38-47/h12-39,74-78H,1-11H3. The summed E-state index contributed by atoms with van der Waals surface area (Å²) < 4.78 is 0. The van der Waals surface area contributed by atoms with Gasteiger partial charge in [-0.25, -0.2) is 0 Å². The Morgan fingerprint density at radius 1 is 0.397 bits per heavy atom. The average molecular weight is 1030 g/mol. The first-order chi connectivity index (χ1) is 36.9. The molecule has 0 aromatic heterocycles. The van der Waals surface area contributed by atoms with E-state index in [1.165, 1.54) is 38.8 Å². The van der Waals surface area contributed by atoms with E-state index in [9.17, 15) is 25.5 Å². The first-order valence-corrected chi connectivity index (χ1v) is 27.0. The summed E-state index contributed by atoms with van der Waals surface area (Å²) in [5.74, 6) is -4.56. The molecular formula is C69H66BN3O5. The van der Waals surface area contributed by atoms with Gasteiger partial charge in [-0.1, -0.05) is 179 Å². The number of rotatable bonds is 6. The highest BCUT2D eigenvalue weighted by molar-refractivity contribution is 7.00. The Morgan fingerprint density at radius 2 is 0.923 bits per heavy atom. The molecule has 0 saturated carbocycles. The van der Waals surface area contributed by atoms with Crippen LogP contribution >= 0.6 is 0 Å². The van der Waals surface area contributed by atoms with Crippen LogP contribution in [0, 0.1) is 0 Å². The summed E-state index contributed by atoms with van der Waals surface area (Å²) in [7, 11) is 0. The van der Waals surface area contributed by atoms with Gasteiger partial charge in [-0.15, -0.1) is 0 Å². The molecule has 0 spiro atoms. The van der Waals surface area contributed by atoms with Gasteiger partial charge in [-0.3, -0.25) is 0 Å². The van der Waals surface area contributed by atoms with Gasteiger partial charge in [0.15, 0.2) is 11.5 Å². The molecule has 8 nitrogen and oxygen atoms in total. The van der Waals surface area contributed by atoms with E-state index in [2.05, 4.69) is 195 Å². The number of nitrogens with zero attached hydrogens (tertiary/aromatic N) is 3. The van der Waals surface area contributed by atoms with Gasteiger partial charge < -0.3 is 40.2 Å². The van der Waals surface area contributed by atoms with E-state index >= 15 is 0 Å². The Labute approximate surface area is 458 Å². The second kappa shape index (κ2) is 17.5. The van der Waals surface area contributed by atoms with E-state index in [1.807, 2.05) is 60.7 Å². The first-order valence-electron chi connectivity index (χ1n) is 27.0. The van der Waals surface area contributed by atoms with Crippen LogP contribution in [0.25, 0.3) is 22.3 Å². The summed E-state index contributed by atoms with van der Waals surface area (Å²) in [6, 6.07) is 60.3. The summed E-state index contributed by atoms with van der Waals surface area (Å²) in [4.78, 5) is 6.48. The molecule has 1 aliphatic carbocycles. The quantitative estimate of drug-likeness (QED) is 0.0636. The number of benzene rings is 9. The van der Waals surface area contributed by atoms with E-state index in [1.54, 1.807) is 4.90 Å². The minimum Gasteiger partial charge on any atom is -0.503 e. The van der Waals surface area contributed by atoms with E-state index in [0.29, 0.717) is 11.4 Å². The fourth-order valence-electron chi connectivity index (χ4n) is 12.2. The third kappa shape index (κ3) is 7.80. The SMILES string of the molecule is CC(C)(C)c1ccc(N2c3cc(N(c4ccc(-c5ccccc5)cc4)c4c(O)c(O)c(O)c(O)c4O)ccc3B3c4cc(C(C)(C)C)ccc4N(c4ccc5c(c4)C(C)(C)c4ccccc4-5)c4cc(C(C)(C)C)cc2c43)cc1. The van der Waals surface area contributed by atoms with Gasteiger partial charge in [-0.05, 0) is 149 Å². The van der Waals surface area contributed by atoms with Crippen molar-refractivity contribution in [3.63, 3.8) is 0 Å². The molecule has 9 aromatic rings. The third-order valence-electron chi connectivity index (χ3n) is 16.7. The van der Waals surface area contributed by atoms with Gasteiger partial charge in [0.05, 0.1) is 0 Å². The van der Waals surface area contributed by atoms with Crippen LogP contribution in [-0.2, 0) is 21.7 Å². The van der Waals surface area contributed by atoms with Gasteiger partial charge >= 0.3 is 0 Å². The number of aromatic hydroxyl groups is 5.